The molecule has 1 heterocycles. The van der Waals surface area contributed by atoms with E-state index in [1.165, 1.54) is 4.90 Å². The molecule has 1 aliphatic rings. The molecular weight excluding hydrogens is 380 g/mol. The summed E-state index contributed by atoms with van der Waals surface area (Å²) >= 11 is 0. The first-order chi connectivity index (χ1) is 14.4. The standard InChI is InChI=1S/C23H30N4O3/c1-25(22(29)14-18-10-6-7-11-20(18)26(2)23(24)30)21(17-8-4-3-5-9-17)16-27-13-12-19(28)15-27/h3-11,19,21,28H,12-16H2,1-2H3,(H2,24,30). The van der Waals surface area contributed by atoms with E-state index < -0.39 is 6.03 Å². The van der Waals surface area contributed by atoms with E-state index in [9.17, 15) is 14.7 Å². The molecule has 2 aromatic rings. The number of urea groups is 1. The van der Waals surface area contributed by atoms with Crippen LogP contribution in [0.4, 0.5) is 10.5 Å². The molecule has 0 saturated carbocycles. The first-order valence-electron chi connectivity index (χ1n) is 10.2. The Hall–Kier alpha value is -2.90. The van der Waals surface area contributed by atoms with Crippen molar-refractivity contribution >= 4 is 17.6 Å². The van der Waals surface area contributed by atoms with Crippen LogP contribution in [0.5, 0.6) is 0 Å². The zero-order chi connectivity index (χ0) is 21.7. The number of nitrogens with two attached hydrogens (primary N) is 1. The molecular formula is C23H30N4O3. The minimum atomic E-state index is -0.571. The van der Waals surface area contributed by atoms with Crippen LogP contribution in [0, 0.1) is 0 Å². The molecule has 0 radical (unpaired) electrons. The predicted octanol–water partition coefficient (Wildman–Crippen LogP) is 2.01. The second-order valence-electron chi connectivity index (χ2n) is 7.84. The summed E-state index contributed by atoms with van der Waals surface area (Å²) < 4.78 is 0. The van der Waals surface area contributed by atoms with Crippen LogP contribution in [-0.4, -0.2) is 66.7 Å². The van der Waals surface area contributed by atoms with Crippen LogP contribution in [0.3, 0.4) is 0 Å². The highest BCUT2D eigenvalue weighted by Crippen LogP contribution is 2.25. The van der Waals surface area contributed by atoms with Gasteiger partial charge >= 0.3 is 6.03 Å². The van der Waals surface area contributed by atoms with E-state index in [-0.39, 0.29) is 24.5 Å². The molecule has 7 nitrogen and oxygen atoms in total. The van der Waals surface area contributed by atoms with Gasteiger partial charge in [-0.15, -0.1) is 0 Å². The van der Waals surface area contributed by atoms with E-state index in [1.807, 2.05) is 55.6 Å². The van der Waals surface area contributed by atoms with Gasteiger partial charge in [-0.3, -0.25) is 14.6 Å². The van der Waals surface area contributed by atoms with Gasteiger partial charge in [-0.1, -0.05) is 48.5 Å². The van der Waals surface area contributed by atoms with Crippen LogP contribution < -0.4 is 10.6 Å². The molecule has 2 aromatic carbocycles. The number of para-hydroxylation sites is 1. The van der Waals surface area contributed by atoms with Crippen molar-refractivity contribution in [2.24, 2.45) is 5.73 Å². The number of primary amides is 1. The topological polar surface area (TPSA) is 90.1 Å². The van der Waals surface area contributed by atoms with Crippen LogP contribution in [0.1, 0.15) is 23.6 Å². The molecule has 7 heteroatoms. The van der Waals surface area contributed by atoms with E-state index in [4.69, 9.17) is 5.73 Å². The average molecular weight is 411 g/mol. The van der Waals surface area contributed by atoms with Crippen LogP contribution in [0.2, 0.25) is 0 Å². The Morgan fingerprint density at radius 1 is 1.13 bits per heavy atom. The fourth-order valence-corrected chi connectivity index (χ4v) is 3.92. The van der Waals surface area contributed by atoms with E-state index in [1.54, 1.807) is 18.0 Å². The summed E-state index contributed by atoms with van der Waals surface area (Å²) in [6, 6.07) is 16.5. The Balaban J connectivity index is 1.80. The normalized spacial score (nSPS) is 17.5. The highest BCUT2D eigenvalue weighted by molar-refractivity contribution is 5.92. The van der Waals surface area contributed by atoms with E-state index in [2.05, 4.69) is 4.90 Å². The Labute approximate surface area is 177 Å². The second-order valence-corrected chi connectivity index (χ2v) is 7.84. The van der Waals surface area contributed by atoms with Gasteiger partial charge in [0.2, 0.25) is 5.91 Å². The lowest BCUT2D eigenvalue weighted by Gasteiger charge is -2.32. The van der Waals surface area contributed by atoms with E-state index >= 15 is 0 Å². The summed E-state index contributed by atoms with van der Waals surface area (Å²) in [6.45, 7) is 2.10. The number of benzene rings is 2. The average Bonchev–Trinajstić information content (AvgIpc) is 3.16. The first kappa shape index (κ1) is 21.8. The van der Waals surface area contributed by atoms with Crippen LogP contribution in [-0.2, 0) is 11.2 Å². The number of anilines is 1. The molecule has 0 aromatic heterocycles. The zero-order valence-corrected chi connectivity index (χ0v) is 17.6. The van der Waals surface area contributed by atoms with Gasteiger partial charge in [0.25, 0.3) is 0 Å². The maximum absolute atomic E-state index is 13.2. The molecule has 1 aliphatic heterocycles. The molecule has 3 rings (SSSR count). The lowest BCUT2D eigenvalue weighted by atomic mass is 10.0. The summed E-state index contributed by atoms with van der Waals surface area (Å²) in [5.41, 5.74) is 7.85. The molecule has 0 bridgehead atoms. The molecule has 160 valence electrons. The van der Waals surface area contributed by atoms with Crippen LogP contribution >= 0.6 is 0 Å². The Kier molecular flexibility index (Phi) is 7.07. The number of nitrogens with zero attached hydrogens (tertiary/aromatic N) is 3. The third kappa shape index (κ3) is 5.17. The Morgan fingerprint density at radius 3 is 2.43 bits per heavy atom. The number of hydrogen-bond acceptors (Lipinski definition) is 4. The molecule has 1 saturated heterocycles. The number of β-amino-alcohol motifs (C(OH)–C–C–N with tert-alkyl or cyclic N) is 1. The van der Waals surface area contributed by atoms with Gasteiger partial charge in [0.15, 0.2) is 0 Å². The van der Waals surface area contributed by atoms with Crippen molar-refractivity contribution in [3.63, 3.8) is 0 Å². The van der Waals surface area contributed by atoms with Gasteiger partial charge in [0, 0.05) is 39.4 Å². The van der Waals surface area contributed by atoms with Crippen LogP contribution in [0.25, 0.3) is 0 Å². The summed E-state index contributed by atoms with van der Waals surface area (Å²) in [5, 5.41) is 9.89. The number of hydrogen-bond donors (Lipinski definition) is 2. The monoisotopic (exact) mass is 410 g/mol. The Morgan fingerprint density at radius 2 is 1.80 bits per heavy atom. The van der Waals surface area contributed by atoms with Gasteiger partial charge in [-0.25, -0.2) is 4.79 Å². The van der Waals surface area contributed by atoms with Gasteiger partial charge < -0.3 is 15.7 Å². The summed E-state index contributed by atoms with van der Waals surface area (Å²) in [6.07, 6.45) is 0.612. The lowest BCUT2D eigenvalue weighted by Crippen LogP contribution is -2.40. The molecule has 3 N–H and O–H groups in total. The molecule has 3 amide bonds. The van der Waals surface area contributed by atoms with Gasteiger partial charge in [0.1, 0.15) is 0 Å². The number of rotatable bonds is 7. The van der Waals surface area contributed by atoms with Crippen molar-refractivity contribution < 1.29 is 14.7 Å². The number of carbonyl (C=O) groups is 2. The molecule has 0 aliphatic carbocycles. The highest BCUT2D eigenvalue weighted by atomic mass is 16.3. The van der Waals surface area contributed by atoms with E-state index in [0.29, 0.717) is 18.8 Å². The third-order valence-electron chi connectivity index (χ3n) is 5.75. The Bertz CT molecular complexity index is 874. The lowest BCUT2D eigenvalue weighted by molar-refractivity contribution is -0.131. The number of likely N-dealkylation sites (tertiary alicyclic amines) is 1. The number of likely N-dealkylation sites (N-methyl/N-ethyl adjacent to an activating group) is 1. The van der Waals surface area contributed by atoms with Crippen molar-refractivity contribution in [1.82, 2.24) is 9.80 Å². The van der Waals surface area contributed by atoms with E-state index in [0.717, 1.165) is 24.1 Å². The fraction of sp³-hybridized carbons (Fsp3) is 0.391. The molecule has 2 atom stereocenters. The quantitative estimate of drug-likeness (QED) is 0.731. The molecule has 2 unspecified atom stereocenters. The highest BCUT2D eigenvalue weighted by Gasteiger charge is 2.28. The first-order valence-corrected chi connectivity index (χ1v) is 10.2. The molecule has 1 fully saturated rings. The summed E-state index contributed by atoms with van der Waals surface area (Å²) in [7, 11) is 3.41. The van der Waals surface area contributed by atoms with Crippen molar-refractivity contribution in [3.05, 3.63) is 65.7 Å². The number of amides is 3. The van der Waals surface area contributed by atoms with Gasteiger partial charge in [-0.05, 0) is 23.6 Å². The minimum absolute atomic E-state index is 0.0473. The predicted molar refractivity (Wildman–Crippen MR) is 117 cm³/mol. The number of aliphatic hydroxyl groups is 1. The fourth-order valence-electron chi connectivity index (χ4n) is 3.92. The second kappa shape index (κ2) is 9.73. The van der Waals surface area contributed by atoms with Crippen molar-refractivity contribution in [1.29, 1.82) is 0 Å². The van der Waals surface area contributed by atoms with Gasteiger partial charge in [-0.2, -0.15) is 0 Å². The number of carbonyl (C=O) groups excluding carboxylic acids is 2. The van der Waals surface area contributed by atoms with Gasteiger partial charge in [0.05, 0.1) is 18.6 Å². The summed E-state index contributed by atoms with van der Waals surface area (Å²) in [5.74, 6) is -0.0473. The SMILES string of the molecule is CN(C(N)=O)c1ccccc1CC(=O)N(C)C(CN1CCC(O)C1)c1ccccc1. The zero-order valence-electron chi connectivity index (χ0n) is 17.6. The molecule has 30 heavy (non-hydrogen) atoms. The largest absolute Gasteiger partial charge is 0.392 e. The number of aliphatic hydroxyl groups excluding tert-OH is 1. The maximum atomic E-state index is 13.2. The smallest absolute Gasteiger partial charge is 0.319 e. The summed E-state index contributed by atoms with van der Waals surface area (Å²) in [4.78, 5) is 30.2. The third-order valence-corrected chi connectivity index (χ3v) is 5.75. The molecule has 0 spiro atoms. The van der Waals surface area contributed by atoms with Crippen LogP contribution in [0.15, 0.2) is 54.6 Å². The maximum Gasteiger partial charge on any atom is 0.319 e. The van der Waals surface area contributed by atoms with Crippen molar-refractivity contribution in [2.75, 3.05) is 38.6 Å². The minimum Gasteiger partial charge on any atom is -0.392 e. The van der Waals surface area contributed by atoms with Crippen molar-refractivity contribution in [2.45, 2.75) is 25.0 Å². The van der Waals surface area contributed by atoms with Crippen molar-refractivity contribution in [3.8, 4) is 0 Å².